The van der Waals surface area contributed by atoms with E-state index in [1.165, 1.54) is 18.2 Å². The van der Waals surface area contributed by atoms with Crippen molar-refractivity contribution in [3.05, 3.63) is 41.9 Å². The first-order chi connectivity index (χ1) is 7.70. The van der Waals surface area contributed by atoms with Gasteiger partial charge in [-0.3, -0.25) is 4.79 Å². The number of fused-ring (bicyclic) bond motifs is 1. The minimum Gasteiger partial charge on any atom is -0.360 e. The highest BCUT2D eigenvalue weighted by molar-refractivity contribution is 6.29. The molecule has 2 nitrogen and oxygen atoms in total. The number of hydrogen-bond acceptors (Lipinski definition) is 1. The van der Waals surface area contributed by atoms with Crippen molar-refractivity contribution in [1.29, 1.82) is 0 Å². The number of allylic oxidation sites excluding steroid dienone is 1. The van der Waals surface area contributed by atoms with Gasteiger partial charge in [0.15, 0.2) is 5.78 Å². The maximum absolute atomic E-state index is 12.9. The maximum Gasteiger partial charge on any atom is 0.170 e. The summed E-state index contributed by atoms with van der Waals surface area (Å²) in [4.78, 5) is 13.9. The molecule has 0 fully saturated rings. The molecule has 0 aliphatic carbocycles. The fourth-order valence-corrected chi connectivity index (χ4v) is 1.58. The molecule has 4 heteroatoms. The second-order valence-corrected chi connectivity index (χ2v) is 3.63. The van der Waals surface area contributed by atoms with Crippen molar-refractivity contribution in [1.82, 2.24) is 4.98 Å². The van der Waals surface area contributed by atoms with Crippen molar-refractivity contribution in [2.75, 3.05) is 5.88 Å². The van der Waals surface area contributed by atoms with E-state index in [9.17, 15) is 9.18 Å². The first-order valence-electron chi connectivity index (χ1n) is 4.74. The molecule has 0 atom stereocenters. The molecule has 1 aromatic carbocycles. The minimum absolute atomic E-state index is 0.0342. The summed E-state index contributed by atoms with van der Waals surface area (Å²) < 4.78 is 12.9. The highest BCUT2D eigenvalue weighted by Gasteiger charge is 2.02. The molecule has 0 bridgehead atoms. The fourth-order valence-electron chi connectivity index (χ4n) is 1.49. The summed E-state index contributed by atoms with van der Waals surface area (Å²) >= 11 is 5.37. The lowest BCUT2D eigenvalue weighted by Gasteiger charge is -1.92. The van der Waals surface area contributed by atoms with E-state index in [1.807, 2.05) is 0 Å². The predicted molar refractivity (Wildman–Crippen MR) is 63.0 cm³/mol. The fraction of sp³-hybridized carbons (Fsp3) is 0.0833. The van der Waals surface area contributed by atoms with Gasteiger partial charge in [0.2, 0.25) is 0 Å². The Balaban J connectivity index is 2.39. The Hall–Kier alpha value is -1.61. The molecule has 0 saturated carbocycles. The Morgan fingerprint density at radius 3 is 3.06 bits per heavy atom. The average Bonchev–Trinajstić information content (AvgIpc) is 2.68. The van der Waals surface area contributed by atoms with Crippen LogP contribution in [0.3, 0.4) is 0 Å². The molecule has 0 saturated heterocycles. The Kier molecular flexibility index (Phi) is 3.06. The molecule has 0 aliphatic heterocycles. The summed E-state index contributed by atoms with van der Waals surface area (Å²) in [7, 11) is 0. The van der Waals surface area contributed by atoms with Crippen molar-refractivity contribution in [3.63, 3.8) is 0 Å². The maximum atomic E-state index is 12.9. The van der Waals surface area contributed by atoms with Gasteiger partial charge >= 0.3 is 0 Å². The molecular formula is C12H9ClFNO. The summed E-state index contributed by atoms with van der Waals surface area (Å²) in [6.45, 7) is 0. The monoisotopic (exact) mass is 237 g/mol. The van der Waals surface area contributed by atoms with E-state index >= 15 is 0 Å². The van der Waals surface area contributed by atoms with Gasteiger partial charge in [-0.1, -0.05) is 0 Å². The molecular weight excluding hydrogens is 229 g/mol. The molecule has 1 N–H and O–H groups in total. The van der Waals surface area contributed by atoms with E-state index in [1.54, 1.807) is 18.3 Å². The molecule has 16 heavy (non-hydrogen) atoms. The summed E-state index contributed by atoms with van der Waals surface area (Å²) in [6, 6.07) is 4.47. The SMILES string of the molecule is O=C(C=Cc1c[nH]c2cc(F)ccc12)CCl. The van der Waals surface area contributed by atoms with Crippen LogP contribution in [0.1, 0.15) is 5.56 Å². The van der Waals surface area contributed by atoms with Crippen LogP contribution in [-0.4, -0.2) is 16.6 Å². The Morgan fingerprint density at radius 1 is 1.50 bits per heavy atom. The lowest BCUT2D eigenvalue weighted by atomic mass is 10.1. The number of carbonyl (C=O) groups is 1. The van der Waals surface area contributed by atoms with E-state index in [0.717, 1.165) is 10.9 Å². The van der Waals surface area contributed by atoms with Crippen molar-refractivity contribution in [2.24, 2.45) is 0 Å². The van der Waals surface area contributed by atoms with Gasteiger partial charge in [-0.05, 0) is 35.9 Å². The van der Waals surface area contributed by atoms with Gasteiger partial charge in [-0.25, -0.2) is 4.39 Å². The van der Waals surface area contributed by atoms with E-state index in [0.29, 0.717) is 5.52 Å². The van der Waals surface area contributed by atoms with Crippen LogP contribution in [0.5, 0.6) is 0 Å². The van der Waals surface area contributed by atoms with Gasteiger partial charge in [0.25, 0.3) is 0 Å². The number of aromatic nitrogens is 1. The highest BCUT2D eigenvalue weighted by atomic mass is 35.5. The van der Waals surface area contributed by atoms with Gasteiger partial charge in [0.1, 0.15) is 5.82 Å². The van der Waals surface area contributed by atoms with Gasteiger partial charge in [0.05, 0.1) is 5.88 Å². The number of carbonyl (C=O) groups excluding carboxylic acids is 1. The third-order valence-corrected chi connectivity index (χ3v) is 2.52. The number of nitrogens with one attached hydrogen (secondary N) is 1. The minimum atomic E-state index is -0.290. The molecule has 0 spiro atoms. The topological polar surface area (TPSA) is 32.9 Å². The number of aromatic amines is 1. The van der Waals surface area contributed by atoms with Crippen molar-refractivity contribution >= 4 is 34.4 Å². The first-order valence-corrected chi connectivity index (χ1v) is 5.27. The molecule has 0 radical (unpaired) electrons. The highest BCUT2D eigenvalue weighted by Crippen LogP contribution is 2.20. The summed E-state index contributed by atoms with van der Waals surface area (Å²) in [5, 5.41) is 0.875. The molecule has 2 aromatic rings. The quantitative estimate of drug-likeness (QED) is 0.646. The summed E-state index contributed by atoms with van der Waals surface area (Å²) in [5.74, 6) is -0.479. The zero-order chi connectivity index (χ0) is 11.5. The predicted octanol–water partition coefficient (Wildman–Crippen LogP) is 3.13. The van der Waals surface area contributed by atoms with Crippen molar-refractivity contribution in [2.45, 2.75) is 0 Å². The van der Waals surface area contributed by atoms with Gasteiger partial charge in [0, 0.05) is 17.1 Å². The Morgan fingerprint density at radius 2 is 2.31 bits per heavy atom. The molecule has 2 rings (SSSR count). The van der Waals surface area contributed by atoms with E-state index in [4.69, 9.17) is 11.6 Å². The van der Waals surface area contributed by atoms with Crippen molar-refractivity contribution in [3.8, 4) is 0 Å². The van der Waals surface area contributed by atoms with Crippen LogP contribution in [0.25, 0.3) is 17.0 Å². The first kappa shape index (κ1) is 10.9. The van der Waals surface area contributed by atoms with Crippen LogP contribution >= 0.6 is 11.6 Å². The second-order valence-electron chi connectivity index (χ2n) is 3.37. The van der Waals surface area contributed by atoms with Gasteiger partial charge < -0.3 is 4.98 Å². The lowest BCUT2D eigenvalue weighted by molar-refractivity contribution is -0.112. The van der Waals surface area contributed by atoms with Crippen LogP contribution in [0, 0.1) is 5.82 Å². The van der Waals surface area contributed by atoms with E-state index < -0.39 is 0 Å². The molecule has 1 aromatic heterocycles. The normalized spacial score (nSPS) is 11.4. The number of halogens is 2. The summed E-state index contributed by atoms with van der Waals surface area (Å²) in [5.41, 5.74) is 1.55. The van der Waals surface area contributed by atoms with E-state index in [2.05, 4.69) is 4.98 Å². The largest absolute Gasteiger partial charge is 0.360 e. The Bertz CT molecular complexity index is 559. The van der Waals surface area contributed by atoms with Crippen LogP contribution in [0.15, 0.2) is 30.5 Å². The zero-order valence-corrected chi connectivity index (χ0v) is 9.09. The van der Waals surface area contributed by atoms with Gasteiger partial charge in [-0.15, -0.1) is 11.6 Å². The number of benzene rings is 1. The number of alkyl halides is 1. The third-order valence-electron chi connectivity index (χ3n) is 2.26. The number of hydrogen-bond donors (Lipinski definition) is 1. The van der Waals surface area contributed by atoms with E-state index in [-0.39, 0.29) is 17.5 Å². The molecule has 0 unspecified atom stereocenters. The standard InChI is InChI=1S/C12H9ClFNO/c13-6-10(16)3-1-8-7-15-12-5-9(14)2-4-11(8)12/h1-5,7,15H,6H2. The van der Waals surface area contributed by atoms with Crippen LogP contribution in [-0.2, 0) is 4.79 Å². The van der Waals surface area contributed by atoms with Crippen LogP contribution < -0.4 is 0 Å². The molecule has 82 valence electrons. The molecule has 0 aliphatic rings. The zero-order valence-electron chi connectivity index (χ0n) is 8.34. The molecule has 0 amide bonds. The lowest BCUT2D eigenvalue weighted by Crippen LogP contribution is -1.91. The molecule has 1 heterocycles. The van der Waals surface area contributed by atoms with Crippen molar-refractivity contribution < 1.29 is 9.18 Å². The van der Waals surface area contributed by atoms with Crippen LogP contribution in [0.4, 0.5) is 4.39 Å². The third kappa shape index (κ3) is 2.14. The van der Waals surface area contributed by atoms with Gasteiger partial charge in [-0.2, -0.15) is 0 Å². The smallest absolute Gasteiger partial charge is 0.170 e. The number of ketones is 1. The van der Waals surface area contributed by atoms with Crippen LogP contribution in [0.2, 0.25) is 0 Å². The summed E-state index contributed by atoms with van der Waals surface area (Å²) in [6.07, 6.45) is 4.81. The second kappa shape index (κ2) is 4.49. The number of H-pyrrole nitrogens is 1. The number of rotatable bonds is 3. The average molecular weight is 238 g/mol. The Labute approximate surface area is 96.7 Å².